The van der Waals surface area contributed by atoms with Crippen molar-refractivity contribution in [2.45, 2.75) is 26.8 Å². The molecule has 0 heterocycles. The second kappa shape index (κ2) is 7.08. The van der Waals surface area contributed by atoms with Crippen LogP contribution in [-0.2, 0) is 16.1 Å². The van der Waals surface area contributed by atoms with E-state index in [-0.39, 0.29) is 13.0 Å². The van der Waals surface area contributed by atoms with Gasteiger partial charge in [0.15, 0.2) is 0 Å². The standard InChI is InChI=1S/C14H17ClN2O4/c1-14(2,12(19)20)7-11(18)17-13(21)16-8-9-3-5-10(15)6-4-9/h3-6H,7-8H2,1-2H3,(H,19,20)(H2,16,17,18,21). The summed E-state index contributed by atoms with van der Waals surface area (Å²) < 4.78 is 0. The highest BCUT2D eigenvalue weighted by Gasteiger charge is 2.30. The lowest BCUT2D eigenvalue weighted by Gasteiger charge is -2.17. The Bertz CT molecular complexity index is 540. The van der Waals surface area contributed by atoms with E-state index in [0.29, 0.717) is 5.02 Å². The molecule has 114 valence electrons. The largest absolute Gasteiger partial charge is 0.481 e. The van der Waals surface area contributed by atoms with E-state index in [9.17, 15) is 14.4 Å². The molecule has 0 saturated carbocycles. The molecule has 0 spiro atoms. The first kappa shape index (κ1) is 17.0. The Labute approximate surface area is 127 Å². The Morgan fingerprint density at radius 1 is 1.19 bits per heavy atom. The average molecular weight is 313 g/mol. The molecule has 3 N–H and O–H groups in total. The summed E-state index contributed by atoms with van der Waals surface area (Å²) in [4.78, 5) is 34.0. The molecule has 0 aliphatic carbocycles. The number of hydrogen-bond acceptors (Lipinski definition) is 3. The third-order valence-electron chi connectivity index (χ3n) is 2.80. The maximum Gasteiger partial charge on any atom is 0.321 e. The summed E-state index contributed by atoms with van der Waals surface area (Å²) in [5, 5.41) is 14.1. The number of carbonyl (C=O) groups excluding carboxylic acids is 2. The number of urea groups is 1. The second-order valence-electron chi connectivity index (χ2n) is 5.22. The van der Waals surface area contributed by atoms with Crippen molar-refractivity contribution in [3.63, 3.8) is 0 Å². The van der Waals surface area contributed by atoms with E-state index in [1.165, 1.54) is 13.8 Å². The molecule has 21 heavy (non-hydrogen) atoms. The zero-order chi connectivity index (χ0) is 16.0. The maximum atomic E-state index is 11.6. The van der Waals surface area contributed by atoms with Crippen LogP contribution in [0.1, 0.15) is 25.8 Å². The minimum atomic E-state index is -1.22. The summed E-state index contributed by atoms with van der Waals surface area (Å²) in [7, 11) is 0. The Kier molecular flexibility index (Phi) is 5.72. The fourth-order valence-electron chi connectivity index (χ4n) is 1.48. The summed E-state index contributed by atoms with van der Waals surface area (Å²) in [5.74, 6) is -1.74. The van der Waals surface area contributed by atoms with Crippen molar-refractivity contribution in [2.24, 2.45) is 5.41 Å². The quantitative estimate of drug-likeness (QED) is 0.776. The zero-order valence-electron chi connectivity index (χ0n) is 11.8. The van der Waals surface area contributed by atoms with Crippen LogP contribution in [0.5, 0.6) is 0 Å². The van der Waals surface area contributed by atoms with E-state index >= 15 is 0 Å². The predicted molar refractivity (Wildman–Crippen MR) is 77.9 cm³/mol. The van der Waals surface area contributed by atoms with Gasteiger partial charge in [0.2, 0.25) is 5.91 Å². The van der Waals surface area contributed by atoms with Crippen LogP contribution in [0.4, 0.5) is 4.79 Å². The van der Waals surface area contributed by atoms with Gasteiger partial charge in [0.05, 0.1) is 5.41 Å². The molecular weight excluding hydrogens is 296 g/mol. The van der Waals surface area contributed by atoms with Gasteiger partial charge in [0.1, 0.15) is 0 Å². The summed E-state index contributed by atoms with van der Waals surface area (Å²) in [5.41, 5.74) is -0.395. The van der Waals surface area contributed by atoms with Gasteiger partial charge in [-0.15, -0.1) is 0 Å². The first-order chi connectivity index (χ1) is 9.70. The summed E-state index contributed by atoms with van der Waals surface area (Å²) in [6.45, 7) is 3.07. The lowest BCUT2D eigenvalue weighted by Crippen LogP contribution is -2.41. The van der Waals surface area contributed by atoms with E-state index < -0.39 is 23.3 Å². The molecule has 0 aliphatic rings. The van der Waals surface area contributed by atoms with Crippen molar-refractivity contribution < 1.29 is 19.5 Å². The Balaban J connectivity index is 2.41. The Morgan fingerprint density at radius 3 is 2.29 bits per heavy atom. The molecule has 0 unspecified atom stereocenters. The number of carbonyl (C=O) groups is 3. The topological polar surface area (TPSA) is 95.5 Å². The number of hydrogen-bond donors (Lipinski definition) is 3. The predicted octanol–water partition coefficient (Wildman–Crippen LogP) is 2.17. The average Bonchev–Trinajstić information content (AvgIpc) is 2.37. The molecular formula is C14H17ClN2O4. The SMILES string of the molecule is CC(C)(CC(=O)NC(=O)NCc1ccc(Cl)cc1)C(=O)O. The number of rotatable bonds is 5. The lowest BCUT2D eigenvalue weighted by molar-refractivity contribution is -0.149. The number of imide groups is 1. The van der Waals surface area contributed by atoms with Gasteiger partial charge in [-0.2, -0.15) is 0 Å². The van der Waals surface area contributed by atoms with Gasteiger partial charge >= 0.3 is 12.0 Å². The van der Waals surface area contributed by atoms with E-state index in [0.717, 1.165) is 5.56 Å². The van der Waals surface area contributed by atoms with Crippen LogP contribution in [0.25, 0.3) is 0 Å². The van der Waals surface area contributed by atoms with E-state index in [4.69, 9.17) is 16.7 Å². The van der Waals surface area contributed by atoms with Crippen LogP contribution in [0.3, 0.4) is 0 Å². The fraction of sp³-hybridized carbons (Fsp3) is 0.357. The number of benzene rings is 1. The van der Waals surface area contributed by atoms with Gasteiger partial charge < -0.3 is 10.4 Å². The molecule has 1 aromatic carbocycles. The zero-order valence-corrected chi connectivity index (χ0v) is 12.5. The number of amides is 3. The maximum absolute atomic E-state index is 11.6. The Morgan fingerprint density at radius 2 is 1.76 bits per heavy atom. The van der Waals surface area contributed by atoms with Gasteiger partial charge in [-0.05, 0) is 31.5 Å². The van der Waals surface area contributed by atoms with Crippen molar-refractivity contribution in [1.29, 1.82) is 0 Å². The van der Waals surface area contributed by atoms with E-state index in [2.05, 4.69) is 10.6 Å². The minimum absolute atomic E-state index is 0.235. The van der Waals surface area contributed by atoms with Gasteiger partial charge in [0, 0.05) is 18.0 Å². The molecule has 0 aliphatic heterocycles. The molecule has 6 nitrogen and oxygen atoms in total. The molecule has 7 heteroatoms. The van der Waals surface area contributed by atoms with Gasteiger partial charge in [0.25, 0.3) is 0 Å². The van der Waals surface area contributed by atoms with Crippen molar-refractivity contribution >= 4 is 29.5 Å². The molecule has 0 radical (unpaired) electrons. The van der Waals surface area contributed by atoms with E-state index in [1.54, 1.807) is 24.3 Å². The summed E-state index contributed by atoms with van der Waals surface area (Å²) in [6, 6.07) is 6.21. The molecule has 0 aromatic heterocycles. The highest BCUT2D eigenvalue weighted by molar-refractivity contribution is 6.30. The second-order valence-corrected chi connectivity index (χ2v) is 5.66. The van der Waals surface area contributed by atoms with Crippen LogP contribution in [0.15, 0.2) is 24.3 Å². The molecule has 3 amide bonds. The monoisotopic (exact) mass is 312 g/mol. The Hall–Kier alpha value is -2.08. The van der Waals surface area contributed by atoms with Crippen LogP contribution in [0.2, 0.25) is 5.02 Å². The highest BCUT2D eigenvalue weighted by atomic mass is 35.5. The molecule has 1 rings (SSSR count). The smallest absolute Gasteiger partial charge is 0.321 e. The number of halogens is 1. The molecule has 0 bridgehead atoms. The molecule has 0 atom stereocenters. The van der Waals surface area contributed by atoms with Crippen molar-refractivity contribution in [1.82, 2.24) is 10.6 Å². The lowest BCUT2D eigenvalue weighted by atomic mass is 9.89. The fourth-order valence-corrected chi connectivity index (χ4v) is 1.60. The van der Waals surface area contributed by atoms with Crippen molar-refractivity contribution in [2.75, 3.05) is 0 Å². The summed E-state index contributed by atoms with van der Waals surface area (Å²) in [6.07, 6.45) is -0.281. The number of nitrogens with one attached hydrogen (secondary N) is 2. The van der Waals surface area contributed by atoms with Crippen LogP contribution >= 0.6 is 11.6 Å². The van der Waals surface area contributed by atoms with Crippen LogP contribution in [-0.4, -0.2) is 23.0 Å². The van der Waals surface area contributed by atoms with Crippen LogP contribution in [0, 0.1) is 5.41 Å². The highest BCUT2D eigenvalue weighted by Crippen LogP contribution is 2.19. The first-order valence-electron chi connectivity index (χ1n) is 6.26. The third-order valence-corrected chi connectivity index (χ3v) is 3.05. The first-order valence-corrected chi connectivity index (χ1v) is 6.64. The van der Waals surface area contributed by atoms with Crippen molar-refractivity contribution in [3.8, 4) is 0 Å². The summed E-state index contributed by atoms with van der Waals surface area (Å²) >= 11 is 5.74. The number of carboxylic acids is 1. The van der Waals surface area contributed by atoms with Gasteiger partial charge in [-0.25, -0.2) is 4.79 Å². The molecule has 1 aromatic rings. The van der Waals surface area contributed by atoms with Gasteiger partial charge in [-0.1, -0.05) is 23.7 Å². The molecule has 0 fully saturated rings. The third kappa shape index (κ3) is 5.83. The number of aliphatic carboxylic acids is 1. The molecule has 0 saturated heterocycles. The normalized spacial score (nSPS) is 10.8. The van der Waals surface area contributed by atoms with Crippen molar-refractivity contribution in [3.05, 3.63) is 34.9 Å². The number of carboxylic acid groups (broad SMARTS) is 1. The van der Waals surface area contributed by atoms with E-state index in [1.807, 2.05) is 0 Å². The minimum Gasteiger partial charge on any atom is -0.481 e. The van der Waals surface area contributed by atoms with Gasteiger partial charge in [-0.3, -0.25) is 14.9 Å². The van der Waals surface area contributed by atoms with Crippen LogP contribution < -0.4 is 10.6 Å².